The summed E-state index contributed by atoms with van der Waals surface area (Å²) in [6.07, 6.45) is 0. The van der Waals surface area contributed by atoms with Crippen LogP contribution in [0.15, 0.2) is 40.8 Å². The van der Waals surface area contributed by atoms with Crippen LogP contribution in [-0.4, -0.2) is 12.9 Å². The Bertz CT molecular complexity index is 497. The molecule has 3 nitrogen and oxygen atoms in total. The first-order chi connectivity index (χ1) is 7.72. The van der Waals surface area contributed by atoms with Crippen molar-refractivity contribution in [3.63, 3.8) is 0 Å². The third kappa shape index (κ3) is 1.84. The highest BCUT2D eigenvalue weighted by molar-refractivity contribution is 5.97. The number of rotatable bonds is 3. The molecule has 3 heteroatoms. The quantitative estimate of drug-likeness (QED) is 0.740. The Balaban J connectivity index is 2.48. The van der Waals surface area contributed by atoms with E-state index < -0.39 is 0 Å². The predicted octanol–water partition coefficient (Wildman–Crippen LogP) is 3.16. The number of hydrogen-bond donors (Lipinski definition) is 0. The molecule has 0 saturated heterocycles. The van der Waals surface area contributed by atoms with Crippen molar-refractivity contribution >= 4 is 5.78 Å². The van der Waals surface area contributed by atoms with Crippen molar-refractivity contribution in [3.05, 3.63) is 42.0 Å². The summed E-state index contributed by atoms with van der Waals surface area (Å²) >= 11 is 0. The number of methoxy groups -OCH3 is 1. The van der Waals surface area contributed by atoms with Gasteiger partial charge in [-0.1, -0.05) is 30.3 Å². The number of hydrogen-bond acceptors (Lipinski definition) is 3. The van der Waals surface area contributed by atoms with Crippen LogP contribution in [0.2, 0.25) is 0 Å². The van der Waals surface area contributed by atoms with Gasteiger partial charge < -0.3 is 9.15 Å². The van der Waals surface area contributed by atoms with Crippen LogP contribution < -0.4 is 4.74 Å². The van der Waals surface area contributed by atoms with Gasteiger partial charge in [-0.05, 0) is 13.0 Å². The topological polar surface area (TPSA) is 39.4 Å². The minimum absolute atomic E-state index is 0.0669. The molecule has 2 aromatic rings. The average Bonchev–Trinajstić information content (AvgIpc) is 2.74. The Hall–Kier alpha value is -2.03. The molecular formula is C13H12O3. The fourth-order valence-corrected chi connectivity index (χ4v) is 1.52. The SMILES string of the molecule is COc1oc(-c2ccccc2)cc1C(C)=O. The largest absolute Gasteiger partial charge is 0.468 e. The summed E-state index contributed by atoms with van der Waals surface area (Å²) < 4.78 is 10.5. The van der Waals surface area contributed by atoms with Crippen molar-refractivity contribution in [2.45, 2.75) is 6.92 Å². The second-order valence-electron chi connectivity index (χ2n) is 3.44. The Kier molecular flexibility index (Phi) is 2.77. The maximum atomic E-state index is 11.3. The number of carbonyl (C=O) groups is 1. The van der Waals surface area contributed by atoms with Crippen molar-refractivity contribution in [1.82, 2.24) is 0 Å². The molecule has 0 unspecified atom stereocenters. The fraction of sp³-hybridized carbons (Fsp3) is 0.154. The van der Waals surface area contributed by atoms with E-state index in [0.717, 1.165) is 5.56 Å². The molecular weight excluding hydrogens is 204 g/mol. The Labute approximate surface area is 93.7 Å². The van der Waals surface area contributed by atoms with Crippen LogP contribution in [0, 0.1) is 0 Å². The third-order valence-corrected chi connectivity index (χ3v) is 2.32. The molecule has 2 rings (SSSR count). The lowest BCUT2D eigenvalue weighted by atomic mass is 10.1. The van der Waals surface area contributed by atoms with Gasteiger partial charge >= 0.3 is 0 Å². The van der Waals surface area contributed by atoms with Crippen LogP contribution in [-0.2, 0) is 0 Å². The zero-order chi connectivity index (χ0) is 11.5. The van der Waals surface area contributed by atoms with Crippen molar-refractivity contribution in [2.24, 2.45) is 0 Å². The minimum atomic E-state index is -0.0669. The lowest BCUT2D eigenvalue weighted by molar-refractivity contribution is 0.101. The molecule has 0 aliphatic heterocycles. The Morgan fingerprint density at radius 2 is 1.94 bits per heavy atom. The maximum absolute atomic E-state index is 11.3. The van der Waals surface area contributed by atoms with E-state index in [1.165, 1.54) is 14.0 Å². The number of ether oxygens (including phenoxy) is 1. The normalized spacial score (nSPS) is 10.1. The van der Waals surface area contributed by atoms with Gasteiger partial charge in [0.2, 0.25) is 0 Å². The van der Waals surface area contributed by atoms with Gasteiger partial charge in [0.15, 0.2) is 5.78 Å². The lowest BCUT2D eigenvalue weighted by Crippen LogP contribution is -1.92. The first-order valence-electron chi connectivity index (χ1n) is 4.96. The first kappa shape index (κ1) is 10.5. The third-order valence-electron chi connectivity index (χ3n) is 2.32. The number of carbonyl (C=O) groups excluding carboxylic acids is 1. The molecule has 0 aliphatic carbocycles. The molecule has 0 aliphatic rings. The monoisotopic (exact) mass is 216 g/mol. The summed E-state index contributed by atoms with van der Waals surface area (Å²) in [5.74, 6) is 0.844. The summed E-state index contributed by atoms with van der Waals surface area (Å²) in [5, 5.41) is 0. The molecule has 0 bridgehead atoms. The molecule has 16 heavy (non-hydrogen) atoms. The molecule has 82 valence electrons. The molecule has 1 aromatic heterocycles. The molecule has 0 N–H and O–H groups in total. The van der Waals surface area contributed by atoms with Crippen LogP contribution in [0.25, 0.3) is 11.3 Å². The summed E-state index contributed by atoms with van der Waals surface area (Å²) in [7, 11) is 1.49. The number of benzene rings is 1. The van der Waals surface area contributed by atoms with Gasteiger partial charge in [0, 0.05) is 5.56 Å². The number of ketones is 1. The van der Waals surface area contributed by atoms with Crippen molar-refractivity contribution in [3.8, 4) is 17.3 Å². The second-order valence-corrected chi connectivity index (χ2v) is 3.44. The zero-order valence-electron chi connectivity index (χ0n) is 9.19. The van der Waals surface area contributed by atoms with E-state index in [1.807, 2.05) is 30.3 Å². The van der Waals surface area contributed by atoms with Crippen LogP contribution in [0.4, 0.5) is 0 Å². The minimum Gasteiger partial charge on any atom is -0.468 e. The molecule has 0 atom stereocenters. The van der Waals surface area contributed by atoms with Gasteiger partial charge in [0.05, 0.1) is 7.11 Å². The average molecular weight is 216 g/mol. The highest BCUT2D eigenvalue weighted by Crippen LogP contribution is 2.30. The second kappa shape index (κ2) is 4.23. The fourth-order valence-electron chi connectivity index (χ4n) is 1.52. The van der Waals surface area contributed by atoms with Crippen molar-refractivity contribution in [2.75, 3.05) is 7.11 Å². The molecule has 1 heterocycles. The first-order valence-corrected chi connectivity index (χ1v) is 4.96. The molecule has 0 amide bonds. The van der Waals surface area contributed by atoms with Gasteiger partial charge in [-0.15, -0.1) is 0 Å². The predicted molar refractivity (Wildman–Crippen MR) is 60.7 cm³/mol. The summed E-state index contributed by atoms with van der Waals surface area (Å²) in [6, 6.07) is 11.3. The van der Waals surface area contributed by atoms with Gasteiger partial charge in [0.1, 0.15) is 11.3 Å². The molecule has 0 saturated carbocycles. The van der Waals surface area contributed by atoms with E-state index in [0.29, 0.717) is 11.3 Å². The molecule has 0 fully saturated rings. The molecule has 0 radical (unpaired) electrons. The van der Waals surface area contributed by atoms with E-state index in [9.17, 15) is 4.79 Å². The van der Waals surface area contributed by atoms with E-state index in [4.69, 9.17) is 9.15 Å². The number of furan rings is 1. The highest BCUT2D eigenvalue weighted by atomic mass is 16.6. The van der Waals surface area contributed by atoms with Crippen molar-refractivity contribution in [1.29, 1.82) is 0 Å². The highest BCUT2D eigenvalue weighted by Gasteiger charge is 2.16. The smallest absolute Gasteiger partial charge is 0.295 e. The number of Topliss-reactive ketones (excluding diaryl/α,β-unsaturated/α-hetero) is 1. The van der Waals surface area contributed by atoms with Crippen LogP contribution in [0.5, 0.6) is 5.95 Å². The summed E-state index contributed by atoms with van der Waals surface area (Å²) in [4.78, 5) is 11.3. The van der Waals surface area contributed by atoms with Gasteiger partial charge in [-0.3, -0.25) is 4.79 Å². The summed E-state index contributed by atoms with van der Waals surface area (Å²) in [6.45, 7) is 1.49. The lowest BCUT2D eigenvalue weighted by Gasteiger charge is -1.96. The van der Waals surface area contributed by atoms with Gasteiger partial charge in [0.25, 0.3) is 5.95 Å². The van der Waals surface area contributed by atoms with E-state index >= 15 is 0 Å². The van der Waals surface area contributed by atoms with E-state index in [-0.39, 0.29) is 11.7 Å². The Morgan fingerprint density at radius 1 is 1.25 bits per heavy atom. The van der Waals surface area contributed by atoms with E-state index in [2.05, 4.69) is 0 Å². The van der Waals surface area contributed by atoms with Crippen LogP contribution >= 0.6 is 0 Å². The zero-order valence-corrected chi connectivity index (χ0v) is 9.19. The van der Waals surface area contributed by atoms with Crippen LogP contribution in [0.1, 0.15) is 17.3 Å². The van der Waals surface area contributed by atoms with Gasteiger partial charge in [-0.2, -0.15) is 0 Å². The van der Waals surface area contributed by atoms with Gasteiger partial charge in [-0.25, -0.2) is 0 Å². The maximum Gasteiger partial charge on any atom is 0.295 e. The van der Waals surface area contributed by atoms with Crippen molar-refractivity contribution < 1.29 is 13.9 Å². The summed E-state index contributed by atoms with van der Waals surface area (Å²) in [5.41, 5.74) is 1.40. The standard InChI is InChI=1S/C13H12O3/c1-9(14)11-8-12(16-13(11)15-2)10-6-4-3-5-7-10/h3-8H,1-2H3. The molecule has 0 spiro atoms. The Morgan fingerprint density at radius 3 is 2.44 bits per heavy atom. The van der Waals surface area contributed by atoms with Crippen LogP contribution in [0.3, 0.4) is 0 Å². The van der Waals surface area contributed by atoms with E-state index in [1.54, 1.807) is 6.07 Å². The molecule has 1 aromatic carbocycles.